The molecule has 0 aliphatic rings. The molecule has 6 nitrogen and oxygen atoms in total. The van der Waals surface area contributed by atoms with Crippen molar-refractivity contribution in [2.45, 2.75) is 6.10 Å². The Bertz CT molecular complexity index is 586. The third-order valence-corrected chi connectivity index (χ3v) is 2.67. The Labute approximate surface area is 117 Å². The lowest BCUT2D eigenvalue weighted by molar-refractivity contribution is 0.117. The van der Waals surface area contributed by atoms with Crippen LogP contribution in [0.5, 0.6) is 5.75 Å². The van der Waals surface area contributed by atoms with Crippen molar-refractivity contribution in [3.8, 4) is 11.8 Å². The van der Waals surface area contributed by atoms with Gasteiger partial charge in [0.1, 0.15) is 18.5 Å². The van der Waals surface area contributed by atoms with Crippen LogP contribution in [0.3, 0.4) is 0 Å². The number of aryl methyl sites for hydroxylation is 1. The first kappa shape index (κ1) is 13.9. The van der Waals surface area contributed by atoms with Gasteiger partial charge in [0.25, 0.3) is 0 Å². The van der Waals surface area contributed by atoms with Crippen LogP contribution < -0.4 is 10.1 Å². The van der Waals surface area contributed by atoms with Crippen LogP contribution >= 0.6 is 0 Å². The SMILES string of the molecule is Cn1cc(NCC(O)COc2ccc(C#N)cc2)cn1. The molecule has 1 heterocycles. The van der Waals surface area contributed by atoms with E-state index in [0.717, 1.165) is 5.69 Å². The molecule has 0 aliphatic heterocycles. The first-order valence-electron chi connectivity index (χ1n) is 6.21. The predicted molar refractivity (Wildman–Crippen MR) is 74.4 cm³/mol. The van der Waals surface area contributed by atoms with Crippen LogP contribution in [-0.4, -0.2) is 34.1 Å². The van der Waals surface area contributed by atoms with E-state index in [9.17, 15) is 5.11 Å². The van der Waals surface area contributed by atoms with Crippen molar-refractivity contribution < 1.29 is 9.84 Å². The van der Waals surface area contributed by atoms with Crippen molar-refractivity contribution in [3.63, 3.8) is 0 Å². The van der Waals surface area contributed by atoms with E-state index < -0.39 is 6.10 Å². The number of hydrogen-bond donors (Lipinski definition) is 2. The quantitative estimate of drug-likeness (QED) is 0.824. The zero-order valence-electron chi connectivity index (χ0n) is 11.2. The van der Waals surface area contributed by atoms with E-state index in [1.165, 1.54) is 0 Å². The number of benzene rings is 1. The molecule has 0 bridgehead atoms. The normalized spacial score (nSPS) is 11.7. The minimum atomic E-state index is -0.633. The summed E-state index contributed by atoms with van der Waals surface area (Å²) in [4.78, 5) is 0. The summed E-state index contributed by atoms with van der Waals surface area (Å²) in [7, 11) is 1.83. The topological polar surface area (TPSA) is 83.1 Å². The number of ether oxygens (including phenoxy) is 1. The summed E-state index contributed by atoms with van der Waals surface area (Å²) in [5.41, 5.74) is 1.43. The summed E-state index contributed by atoms with van der Waals surface area (Å²) in [6.45, 7) is 0.557. The fraction of sp³-hybridized carbons (Fsp3) is 0.286. The predicted octanol–water partition coefficient (Wildman–Crippen LogP) is 1.14. The Morgan fingerprint density at radius 2 is 2.20 bits per heavy atom. The maximum Gasteiger partial charge on any atom is 0.119 e. The largest absolute Gasteiger partial charge is 0.491 e. The maximum atomic E-state index is 9.81. The highest BCUT2D eigenvalue weighted by Gasteiger charge is 2.06. The van der Waals surface area contributed by atoms with E-state index in [2.05, 4.69) is 10.4 Å². The molecule has 2 rings (SSSR count). The maximum absolute atomic E-state index is 9.81. The highest BCUT2D eigenvalue weighted by atomic mass is 16.5. The Hall–Kier alpha value is -2.52. The molecule has 0 saturated carbocycles. The van der Waals surface area contributed by atoms with Gasteiger partial charge < -0.3 is 15.2 Å². The smallest absolute Gasteiger partial charge is 0.119 e. The fourth-order valence-electron chi connectivity index (χ4n) is 1.63. The van der Waals surface area contributed by atoms with Crippen molar-refractivity contribution in [2.75, 3.05) is 18.5 Å². The molecule has 1 atom stereocenters. The monoisotopic (exact) mass is 272 g/mol. The van der Waals surface area contributed by atoms with Crippen molar-refractivity contribution in [1.82, 2.24) is 9.78 Å². The Morgan fingerprint density at radius 1 is 1.45 bits per heavy atom. The van der Waals surface area contributed by atoms with Crippen molar-refractivity contribution in [3.05, 3.63) is 42.2 Å². The molecule has 0 saturated heterocycles. The molecular weight excluding hydrogens is 256 g/mol. The van der Waals surface area contributed by atoms with Gasteiger partial charge in [-0.05, 0) is 24.3 Å². The van der Waals surface area contributed by atoms with Crippen LogP contribution in [0.25, 0.3) is 0 Å². The molecule has 2 N–H and O–H groups in total. The second kappa shape index (κ2) is 6.59. The zero-order valence-corrected chi connectivity index (χ0v) is 11.2. The number of nitriles is 1. The van der Waals surface area contributed by atoms with Crippen LogP contribution in [0.15, 0.2) is 36.7 Å². The number of aromatic nitrogens is 2. The first-order valence-corrected chi connectivity index (χ1v) is 6.21. The summed E-state index contributed by atoms with van der Waals surface area (Å²) in [6.07, 6.45) is 2.88. The number of rotatable bonds is 6. The minimum absolute atomic E-state index is 0.180. The molecule has 104 valence electrons. The molecule has 0 fully saturated rings. The third-order valence-electron chi connectivity index (χ3n) is 2.67. The summed E-state index contributed by atoms with van der Waals surface area (Å²) in [5.74, 6) is 0.629. The Balaban J connectivity index is 1.74. The molecule has 0 spiro atoms. The second-order valence-electron chi connectivity index (χ2n) is 4.38. The zero-order chi connectivity index (χ0) is 14.4. The number of nitrogens with zero attached hydrogens (tertiary/aromatic N) is 3. The molecule has 20 heavy (non-hydrogen) atoms. The van der Waals surface area contributed by atoms with Gasteiger partial charge in [0, 0.05) is 19.8 Å². The van der Waals surface area contributed by atoms with Gasteiger partial charge in [-0.3, -0.25) is 4.68 Å². The molecule has 1 aromatic carbocycles. The van der Waals surface area contributed by atoms with Crippen molar-refractivity contribution >= 4 is 5.69 Å². The molecular formula is C14H16N4O2. The average molecular weight is 272 g/mol. The van der Waals surface area contributed by atoms with E-state index in [4.69, 9.17) is 10.00 Å². The van der Waals surface area contributed by atoms with Crippen LogP contribution in [0.1, 0.15) is 5.56 Å². The van der Waals surface area contributed by atoms with Crippen LogP contribution in [0.4, 0.5) is 5.69 Å². The van der Waals surface area contributed by atoms with Gasteiger partial charge in [0.05, 0.1) is 23.5 Å². The molecule has 1 unspecified atom stereocenters. The van der Waals surface area contributed by atoms with Gasteiger partial charge in [-0.15, -0.1) is 0 Å². The molecule has 0 aliphatic carbocycles. The van der Waals surface area contributed by atoms with E-state index >= 15 is 0 Å². The highest BCUT2D eigenvalue weighted by molar-refractivity contribution is 5.38. The van der Waals surface area contributed by atoms with Crippen molar-refractivity contribution in [2.24, 2.45) is 7.05 Å². The number of hydrogen-bond acceptors (Lipinski definition) is 5. The summed E-state index contributed by atoms with van der Waals surface area (Å²) < 4.78 is 7.12. The molecule has 0 amide bonds. The average Bonchev–Trinajstić information content (AvgIpc) is 2.89. The molecule has 1 aromatic heterocycles. The van der Waals surface area contributed by atoms with Crippen LogP contribution in [0.2, 0.25) is 0 Å². The molecule has 6 heteroatoms. The first-order chi connectivity index (χ1) is 9.67. The third kappa shape index (κ3) is 4.00. The van der Waals surface area contributed by atoms with Gasteiger partial charge in [-0.25, -0.2) is 0 Å². The fourth-order valence-corrected chi connectivity index (χ4v) is 1.63. The lowest BCUT2D eigenvalue weighted by atomic mass is 10.2. The number of aliphatic hydroxyl groups excluding tert-OH is 1. The number of anilines is 1. The van der Waals surface area contributed by atoms with Gasteiger partial charge >= 0.3 is 0 Å². The van der Waals surface area contributed by atoms with E-state index in [1.54, 1.807) is 35.1 Å². The van der Waals surface area contributed by atoms with Gasteiger partial charge in [-0.1, -0.05) is 0 Å². The molecule has 2 aromatic rings. The Kier molecular flexibility index (Phi) is 4.58. The van der Waals surface area contributed by atoms with E-state index in [-0.39, 0.29) is 6.61 Å². The highest BCUT2D eigenvalue weighted by Crippen LogP contribution is 2.12. The number of aliphatic hydroxyl groups is 1. The standard InChI is InChI=1S/C14H16N4O2/c1-18-9-12(7-17-18)16-8-13(19)10-20-14-4-2-11(6-15)3-5-14/h2-5,7,9,13,16,19H,8,10H2,1H3. The lowest BCUT2D eigenvalue weighted by Crippen LogP contribution is -2.26. The second-order valence-corrected chi connectivity index (χ2v) is 4.38. The van der Waals surface area contributed by atoms with Crippen LogP contribution in [0, 0.1) is 11.3 Å². The Morgan fingerprint density at radius 3 is 2.80 bits per heavy atom. The van der Waals surface area contributed by atoms with Gasteiger partial charge in [0.2, 0.25) is 0 Å². The summed E-state index contributed by atoms with van der Waals surface area (Å²) in [6, 6.07) is 8.81. The summed E-state index contributed by atoms with van der Waals surface area (Å²) >= 11 is 0. The lowest BCUT2D eigenvalue weighted by Gasteiger charge is -2.13. The number of nitrogens with one attached hydrogen (secondary N) is 1. The summed E-state index contributed by atoms with van der Waals surface area (Å²) in [5, 5.41) is 25.6. The van der Waals surface area contributed by atoms with Gasteiger partial charge in [0.15, 0.2) is 0 Å². The van der Waals surface area contributed by atoms with Crippen molar-refractivity contribution in [1.29, 1.82) is 5.26 Å². The van der Waals surface area contributed by atoms with Gasteiger partial charge in [-0.2, -0.15) is 10.4 Å². The minimum Gasteiger partial charge on any atom is -0.491 e. The van der Waals surface area contributed by atoms with Crippen LogP contribution in [-0.2, 0) is 7.05 Å². The van der Waals surface area contributed by atoms with E-state index in [0.29, 0.717) is 17.9 Å². The molecule has 0 radical (unpaired) electrons. The van der Waals surface area contributed by atoms with E-state index in [1.807, 2.05) is 19.3 Å².